The summed E-state index contributed by atoms with van der Waals surface area (Å²) in [4.78, 5) is 12.0. The van der Waals surface area contributed by atoms with Gasteiger partial charge in [0.2, 0.25) is 5.88 Å². The maximum Gasteiger partial charge on any atom is 0.276 e. The second kappa shape index (κ2) is 4.49. The molecule has 0 aliphatic heterocycles. The topological polar surface area (TPSA) is 58.0 Å². The minimum absolute atomic E-state index is 0.0811. The lowest BCUT2D eigenvalue weighted by molar-refractivity contribution is 0.435. The van der Waals surface area contributed by atoms with Gasteiger partial charge in [0.1, 0.15) is 5.56 Å². The molecule has 0 atom stereocenters. The molecule has 0 saturated carbocycles. The van der Waals surface area contributed by atoms with Gasteiger partial charge in [-0.15, -0.1) is 0 Å². The van der Waals surface area contributed by atoms with E-state index in [1.807, 2.05) is 48.5 Å². The number of para-hydroxylation sites is 1. The molecule has 4 nitrogen and oxygen atoms in total. The Labute approximate surface area is 109 Å². The van der Waals surface area contributed by atoms with E-state index in [0.717, 1.165) is 0 Å². The van der Waals surface area contributed by atoms with Crippen molar-refractivity contribution in [3.63, 3.8) is 0 Å². The first kappa shape index (κ1) is 11.3. The van der Waals surface area contributed by atoms with E-state index in [1.54, 1.807) is 12.1 Å². The van der Waals surface area contributed by atoms with Crippen molar-refractivity contribution in [2.24, 2.45) is 0 Å². The highest BCUT2D eigenvalue weighted by atomic mass is 16.3. The van der Waals surface area contributed by atoms with Gasteiger partial charge in [-0.3, -0.25) is 9.89 Å². The minimum atomic E-state index is -0.312. The van der Waals surface area contributed by atoms with E-state index < -0.39 is 0 Å². The fraction of sp³-hybridized carbons (Fsp3) is 0. The Balaban J connectivity index is 2.20. The Morgan fingerprint density at radius 3 is 2.11 bits per heavy atom. The molecule has 0 aliphatic carbocycles. The molecule has 0 amide bonds. The summed E-state index contributed by atoms with van der Waals surface area (Å²) in [6, 6.07) is 18.3. The van der Waals surface area contributed by atoms with Crippen molar-refractivity contribution in [1.29, 1.82) is 0 Å². The number of hydrogen-bond donors (Lipinski definition) is 2. The zero-order valence-corrected chi connectivity index (χ0v) is 10.1. The zero-order valence-electron chi connectivity index (χ0n) is 10.1. The van der Waals surface area contributed by atoms with Gasteiger partial charge in [-0.1, -0.05) is 48.5 Å². The van der Waals surface area contributed by atoms with E-state index in [9.17, 15) is 9.90 Å². The van der Waals surface area contributed by atoms with Crippen molar-refractivity contribution in [1.82, 2.24) is 9.78 Å². The van der Waals surface area contributed by atoms with Crippen molar-refractivity contribution >= 4 is 0 Å². The number of hydrogen-bond acceptors (Lipinski definition) is 2. The number of rotatable bonds is 2. The van der Waals surface area contributed by atoms with Crippen LogP contribution in [0.1, 0.15) is 0 Å². The van der Waals surface area contributed by atoms with Gasteiger partial charge in [-0.05, 0) is 17.7 Å². The van der Waals surface area contributed by atoms with Gasteiger partial charge in [0.05, 0.1) is 5.69 Å². The van der Waals surface area contributed by atoms with Gasteiger partial charge in [-0.25, -0.2) is 4.68 Å². The van der Waals surface area contributed by atoms with Crippen LogP contribution in [0.15, 0.2) is 65.5 Å². The first-order valence-electron chi connectivity index (χ1n) is 5.92. The number of nitrogens with one attached hydrogen (secondary N) is 1. The van der Waals surface area contributed by atoms with Crippen LogP contribution in [0.2, 0.25) is 0 Å². The Morgan fingerprint density at radius 1 is 0.895 bits per heavy atom. The molecule has 3 aromatic rings. The van der Waals surface area contributed by atoms with Crippen LogP contribution in [-0.4, -0.2) is 14.9 Å². The standard InChI is InChI=1S/C15H12N2O2/c18-14-13(11-7-3-1-4-8-11)15(19)17(16-14)12-9-5-2-6-10-12/h1-10,19H,(H,16,18). The minimum Gasteiger partial charge on any atom is -0.493 e. The predicted octanol–water partition coefficient (Wildman–Crippen LogP) is 2.54. The van der Waals surface area contributed by atoms with Gasteiger partial charge in [0.15, 0.2) is 0 Å². The highest BCUT2D eigenvalue weighted by Crippen LogP contribution is 2.27. The van der Waals surface area contributed by atoms with Gasteiger partial charge < -0.3 is 5.11 Å². The van der Waals surface area contributed by atoms with Gasteiger partial charge in [0.25, 0.3) is 5.56 Å². The third-order valence-electron chi connectivity index (χ3n) is 2.95. The lowest BCUT2D eigenvalue weighted by Gasteiger charge is -2.04. The molecule has 2 N–H and O–H groups in total. The van der Waals surface area contributed by atoms with Crippen molar-refractivity contribution in [2.75, 3.05) is 0 Å². The molecule has 0 fully saturated rings. The fourth-order valence-electron chi connectivity index (χ4n) is 2.05. The van der Waals surface area contributed by atoms with Crippen LogP contribution in [-0.2, 0) is 0 Å². The molecule has 0 aliphatic rings. The van der Waals surface area contributed by atoms with Crippen LogP contribution < -0.4 is 5.56 Å². The molecule has 0 spiro atoms. The van der Waals surface area contributed by atoms with Crippen LogP contribution in [0.4, 0.5) is 0 Å². The third-order valence-corrected chi connectivity index (χ3v) is 2.95. The van der Waals surface area contributed by atoms with E-state index >= 15 is 0 Å². The molecule has 1 aromatic heterocycles. The average molecular weight is 252 g/mol. The summed E-state index contributed by atoms with van der Waals surface area (Å²) < 4.78 is 1.38. The molecule has 0 radical (unpaired) electrons. The highest BCUT2D eigenvalue weighted by Gasteiger charge is 2.16. The Kier molecular flexibility index (Phi) is 2.68. The summed E-state index contributed by atoms with van der Waals surface area (Å²) in [6.07, 6.45) is 0. The van der Waals surface area contributed by atoms with Crippen LogP contribution in [0, 0.1) is 0 Å². The molecule has 3 rings (SSSR count). The van der Waals surface area contributed by atoms with Crippen molar-refractivity contribution in [3.8, 4) is 22.7 Å². The van der Waals surface area contributed by atoms with Crippen molar-refractivity contribution < 1.29 is 5.11 Å². The molecule has 94 valence electrons. The lowest BCUT2D eigenvalue weighted by Crippen LogP contribution is -2.05. The number of nitrogens with zero attached hydrogens (tertiary/aromatic N) is 1. The van der Waals surface area contributed by atoms with Crippen LogP contribution in [0.5, 0.6) is 5.88 Å². The Hall–Kier alpha value is -2.75. The summed E-state index contributed by atoms with van der Waals surface area (Å²) in [5, 5.41) is 12.9. The maximum absolute atomic E-state index is 12.0. The molecular formula is C15H12N2O2. The van der Waals surface area contributed by atoms with Crippen LogP contribution >= 0.6 is 0 Å². The van der Waals surface area contributed by atoms with Crippen molar-refractivity contribution in [2.45, 2.75) is 0 Å². The number of H-pyrrole nitrogens is 1. The molecule has 0 saturated heterocycles. The summed E-state index contributed by atoms with van der Waals surface area (Å²) >= 11 is 0. The monoisotopic (exact) mass is 252 g/mol. The van der Waals surface area contributed by atoms with Gasteiger partial charge >= 0.3 is 0 Å². The summed E-state index contributed by atoms with van der Waals surface area (Å²) in [5.41, 5.74) is 1.37. The van der Waals surface area contributed by atoms with E-state index in [4.69, 9.17) is 0 Å². The van der Waals surface area contributed by atoms with E-state index in [-0.39, 0.29) is 17.0 Å². The molecule has 2 aromatic carbocycles. The van der Waals surface area contributed by atoms with E-state index in [2.05, 4.69) is 5.10 Å². The first-order valence-corrected chi connectivity index (χ1v) is 5.92. The van der Waals surface area contributed by atoms with Crippen molar-refractivity contribution in [3.05, 3.63) is 71.0 Å². The van der Waals surface area contributed by atoms with Crippen LogP contribution in [0.3, 0.4) is 0 Å². The maximum atomic E-state index is 12.0. The van der Waals surface area contributed by atoms with Crippen LogP contribution in [0.25, 0.3) is 16.8 Å². The summed E-state index contributed by atoms with van der Waals surface area (Å²) in [7, 11) is 0. The zero-order chi connectivity index (χ0) is 13.2. The number of aromatic amines is 1. The van der Waals surface area contributed by atoms with Gasteiger partial charge in [0, 0.05) is 0 Å². The third kappa shape index (κ3) is 1.93. The smallest absolute Gasteiger partial charge is 0.276 e. The Morgan fingerprint density at radius 2 is 1.47 bits per heavy atom. The molecule has 0 unspecified atom stereocenters. The van der Waals surface area contributed by atoms with E-state index in [1.165, 1.54) is 4.68 Å². The predicted molar refractivity (Wildman–Crippen MR) is 73.5 cm³/mol. The summed E-state index contributed by atoms with van der Waals surface area (Å²) in [6.45, 7) is 0. The van der Waals surface area contributed by atoms with E-state index in [0.29, 0.717) is 11.3 Å². The lowest BCUT2D eigenvalue weighted by atomic mass is 10.1. The Bertz CT molecular complexity index is 743. The quantitative estimate of drug-likeness (QED) is 0.736. The molecular weight excluding hydrogens is 240 g/mol. The molecule has 4 heteroatoms. The summed E-state index contributed by atoms with van der Waals surface area (Å²) in [5.74, 6) is -0.0811. The normalized spacial score (nSPS) is 10.5. The molecule has 19 heavy (non-hydrogen) atoms. The highest BCUT2D eigenvalue weighted by molar-refractivity contribution is 5.68. The molecule has 0 bridgehead atoms. The second-order valence-corrected chi connectivity index (χ2v) is 4.18. The SMILES string of the molecule is O=c1[nH]n(-c2ccccc2)c(O)c1-c1ccccc1. The number of aromatic hydroxyl groups is 1. The number of aromatic nitrogens is 2. The molecule has 1 heterocycles. The first-order chi connectivity index (χ1) is 9.27. The average Bonchev–Trinajstić information content (AvgIpc) is 2.76. The number of benzene rings is 2. The van der Waals surface area contributed by atoms with Gasteiger partial charge in [-0.2, -0.15) is 0 Å². The largest absolute Gasteiger partial charge is 0.493 e. The second-order valence-electron chi connectivity index (χ2n) is 4.18. The fourth-order valence-corrected chi connectivity index (χ4v) is 2.05.